The average molecular weight is 370 g/mol. The van der Waals surface area contributed by atoms with E-state index in [1.54, 1.807) is 6.92 Å². The molecule has 2 unspecified atom stereocenters. The Balaban J connectivity index is 2.74. The largest absolute Gasteiger partial charge is 0.469 e. The number of ether oxygens (including phenoxy) is 5. The molecule has 0 aromatic rings. The molecule has 2 heterocycles. The molecule has 9 heteroatoms. The van der Waals surface area contributed by atoms with Gasteiger partial charge in [0.15, 0.2) is 5.78 Å². The molecule has 26 heavy (non-hydrogen) atoms. The van der Waals surface area contributed by atoms with Crippen LogP contribution >= 0.6 is 0 Å². The zero-order chi connectivity index (χ0) is 19.7. The molecular weight excluding hydrogens is 348 g/mol. The van der Waals surface area contributed by atoms with Gasteiger partial charge in [0.1, 0.15) is 17.4 Å². The first-order valence-corrected chi connectivity index (χ1v) is 8.03. The van der Waals surface area contributed by atoms with E-state index in [0.717, 1.165) is 14.2 Å². The van der Waals surface area contributed by atoms with Crippen molar-refractivity contribution in [2.45, 2.75) is 25.2 Å². The maximum absolute atomic E-state index is 13.0. The van der Waals surface area contributed by atoms with Crippen molar-refractivity contribution in [3.63, 3.8) is 0 Å². The van der Waals surface area contributed by atoms with Crippen LogP contribution in [0.15, 0.2) is 12.2 Å². The number of methoxy groups -OCH3 is 3. The van der Waals surface area contributed by atoms with Crippen LogP contribution in [-0.2, 0) is 42.9 Å². The Labute approximate surface area is 150 Å². The summed E-state index contributed by atoms with van der Waals surface area (Å²) in [6, 6.07) is 0. The van der Waals surface area contributed by atoms with Crippen LogP contribution in [-0.4, -0.2) is 63.0 Å². The van der Waals surface area contributed by atoms with Crippen LogP contribution in [0.4, 0.5) is 0 Å². The molecule has 2 bridgehead atoms. The molecule has 144 valence electrons. The molecule has 0 aliphatic carbocycles. The van der Waals surface area contributed by atoms with Gasteiger partial charge in [-0.3, -0.25) is 19.2 Å². The van der Waals surface area contributed by atoms with Gasteiger partial charge in [-0.15, -0.1) is 0 Å². The Morgan fingerprint density at radius 2 is 1.69 bits per heavy atom. The van der Waals surface area contributed by atoms with Gasteiger partial charge in [-0.1, -0.05) is 0 Å². The number of esters is 3. The Morgan fingerprint density at radius 1 is 1.08 bits per heavy atom. The minimum atomic E-state index is -1.77. The number of fused-ring (bicyclic) bond motifs is 2. The second-order valence-corrected chi connectivity index (χ2v) is 6.11. The third kappa shape index (κ3) is 2.90. The Kier molecular flexibility index (Phi) is 5.52. The molecule has 0 saturated carbocycles. The lowest BCUT2D eigenvalue weighted by Crippen LogP contribution is -2.52. The van der Waals surface area contributed by atoms with Crippen LogP contribution in [0.2, 0.25) is 0 Å². The van der Waals surface area contributed by atoms with Crippen molar-refractivity contribution in [3.05, 3.63) is 12.2 Å². The predicted octanol–water partition coefficient (Wildman–Crippen LogP) is 0.0146. The van der Waals surface area contributed by atoms with Crippen molar-refractivity contribution in [1.29, 1.82) is 0 Å². The molecule has 0 radical (unpaired) electrons. The van der Waals surface area contributed by atoms with Crippen LogP contribution in [0, 0.1) is 17.8 Å². The van der Waals surface area contributed by atoms with E-state index in [9.17, 15) is 19.2 Å². The van der Waals surface area contributed by atoms with Gasteiger partial charge in [0.05, 0.1) is 26.7 Å². The van der Waals surface area contributed by atoms with Crippen molar-refractivity contribution in [1.82, 2.24) is 0 Å². The standard InChI is InChI=1S/C17H22O9/c1-6-25-15(21)11-9(13(19)22-3)10(14(20)23-4)12(18)16(2)7-8-17(11,24-5)26-16/h7-11H,6H2,1-5H3/t9?,10?,11-,16+,17-/m1/s1. The van der Waals surface area contributed by atoms with Crippen molar-refractivity contribution in [2.75, 3.05) is 27.9 Å². The highest BCUT2D eigenvalue weighted by molar-refractivity contribution is 6.08. The van der Waals surface area contributed by atoms with E-state index in [0.29, 0.717) is 0 Å². The number of carbonyl (C=O) groups is 4. The van der Waals surface area contributed by atoms with Crippen molar-refractivity contribution in [3.8, 4) is 0 Å². The van der Waals surface area contributed by atoms with Gasteiger partial charge in [-0.2, -0.15) is 0 Å². The maximum atomic E-state index is 13.0. The second-order valence-electron chi connectivity index (χ2n) is 6.11. The maximum Gasteiger partial charge on any atom is 0.317 e. The van der Waals surface area contributed by atoms with Gasteiger partial charge in [0.25, 0.3) is 0 Å². The first kappa shape index (κ1) is 20.1. The molecule has 5 atom stereocenters. The summed E-state index contributed by atoms with van der Waals surface area (Å²) < 4.78 is 25.7. The Bertz CT molecular complexity index is 655. The molecule has 0 spiro atoms. The number of ketones is 1. The predicted molar refractivity (Wildman–Crippen MR) is 84.5 cm³/mol. The molecule has 0 N–H and O–H groups in total. The first-order valence-electron chi connectivity index (χ1n) is 8.03. The lowest BCUT2D eigenvalue weighted by Gasteiger charge is -2.36. The quantitative estimate of drug-likeness (QED) is 0.286. The van der Waals surface area contributed by atoms with Crippen molar-refractivity contribution in [2.24, 2.45) is 17.8 Å². The molecule has 0 aromatic carbocycles. The lowest BCUT2D eigenvalue weighted by atomic mass is 9.72. The van der Waals surface area contributed by atoms with E-state index < -0.39 is 52.8 Å². The fourth-order valence-corrected chi connectivity index (χ4v) is 3.46. The van der Waals surface area contributed by atoms with E-state index in [1.165, 1.54) is 26.2 Å². The number of hydrogen-bond acceptors (Lipinski definition) is 9. The Hall–Kier alpha value is -2.26. The highest BCUT2D eigenvalue weighted by atomic mass is 16.7. The van der Waals surface area contributed by atoms with Crippen LogP contribution < -0.4 is 0 Å². The number of rotatable bonds is 5. The van der Waals surface area contributed by atoms with Gasteiger partial charge in [0, 0.05) is 7.11 Å². The van der Waals surface area contributed by atoms with Gasteiger partial charge in [-0.05, 0) is 26.0 Å². The molecular formula is C17H22O9. The molecule has 0 amide bonds. The first-order chi connectivity index (χ1) is 12.2. The average Bonchev–Trinajstić information content (AvgIpc) is 2.95. The summed E-state index contributed by atoms with van der Waals surface area (Å²) in [4.78, 5) is 50.7. The SMILES string of the molecule is CCOC(=O)[C@H]1C(C(=O)OC)C(C(=O)OC)C(=O)[C@]2(C)C=C[C@@]1(OC)O2. The van der Waals surface area contributed by atoms with Crippen LogP contribution in [0.25, 0.3) is 0 Å². The third-order valence-corrected chi connectivity index (χ3v) is 4.72. The zero-order valence-corrected chi connectivity index (χ0v) is 15.3. The second kappa shape index (κ2) is 7.16. The molecule has 1 saturated heterocycles. The summed E-state index contributed by atoms with van der Waals surface area (Å²) in [6.45, 7) is 3.02. The van der Waals surface area contributed by atoms with Crippen molar-refractivity contribution < 1.29 is 42.9 Å². The molecule has 2 aliphatic heterocycles. The number of carbonyl (C=O) groups excluding carboxylic acids is 4. The number of Topliss-reactive ketones (excluding diaryl/α,β-unsaturated/α-hetero) is 1. The summed E-state index contributed by atoms with van der Waals surface area (Å²) in [7, 11) is 3.43. The fraction of sp³-hybridized carbons (Fsp3) is 0.647. The molecule has 9 nitrogen and oxygen atoms in total. The van der Waals surface area contributed by atoms with Gasteiger partial charge in [-0.25, -0.2) is 0 Å². The van der Waals surface area contributed by atoms with Gasteiger partial charge < -0.3 is 23.7 Å². The Morgan fingerprint density at radius 3 is 2.19 bits per heavy atom. The molecule has 1 fully saturated rings. The monoisotopic (exact) mass is 370 g/mol. The zero-order valence-electron chi connectivity index (χ0n) is 15.3. The normalized spacial score (nSPS) is 35.6. The van der Waals surface area contributed by atoms with Gasteiger partial charge in [0.2, 0.25) is 5.79 Å². The molecule has 0 aromatic heterocycles. The van der Waals surface area contributed by atoms with Crippen LogP contribution in [0.5, 0.6) is 0 Å². The minimum absolute atomic E-state index is 0.0147. The molecule has 2 rings (SSSR count). The van der Waals surface area contributed by atoms with Crippen LogP contribution in [0.3, 0.4) is 0 Å². The summed E-state index contributed by atoms with van der Waals surface area (Å²) in [5.41, 5.74) is -1.58. The minimum Gasteiger partial charge on any atom is -0.469 e. The lowest BCUT2D eigenvalue weighted by molar-refractivity contribution is -0.246. The van der Waals surface area contributed by atoms with Crippen LogP contribution in [0.1, 0.15) is 13.8 Å². The highest BCUT2D eigenvalue weighted by Gasteiger charge is 2.66. The fourth-order valence-electron chi connectivity index (χ4n) is 3.46. The summed E-state index contributed by atoms with van der Waals surface area (Å²) >= 11 is 0. The van der Waals surface area contributed by atoms with E-state index in [-0.39, 0.29) is 6.61 Å². The van der Waals surface area contributed by atoms with Gasteiger partial charge >= 0.3 is 17.9 Å². The topological polar surface area (TPSA) is 114 Å². The van der Waals surface area contributed by atoms with E-state index >= 15 is 0 Å². The van der Waals surface area contributed by atoms with Crippen molar-refractivity contribution >= 4 is 23.7 Å². The summed E-state index contributed by atoms with van der Waals surface area (Å²) in [5, 5.41) is 0. The summed E-state index contributed by atoms with van der Waals surface area (Å²) in [5.74, 6) is -9.89. The summed E-state index contributed by atoms with van der Waals surface area (Å²) in [6.07, 6.45) is 2.78. The van der Waals surface area contributed by atoms with E-state index in [1.807, 2.05) is 0 Å². The number of hydrogen-bond donors (Lipinski definition) is 0. The smallest absolute Gasteiger partial charge is 0.317 e. The van der Waals surface area contributed by atoms with E-state index in [2.05, 4.69) is 0 Å². The van der Waals surface area contributed by atoms with E-state index in [4.69, 9.17) is 23.7 Å². The molecule has 2 aliphatic rings. The highest BCUT2D eigenvalue weighted by Crippen LogP contribution is 2.49. The third-order valence-electron chi connectivity index (χ3n) is 4.72.